The molecule has 1 unspecified atom stereocenters. The lowest BCUT2D eigenvalue weighted by molar-refractivity contribution is 0.0732. The Bertz CT molecular complexity index is 1020. The molecule has 2 aromatic rings. The summed E-state index contributed by atoms with van der Waals surface area (Å²) >= 11 is 0. The van der Waals surface area contributed by atoms with Crippen LogP contribution in [0.5, 0.6) is 5.75 Å². The Hall–Kier alpha value is -2.51. The Balaban J connectivity index is 1.89. The largest absolute Gasteiger partial charge is 0.422 e. The van der Waals surface area contributed by atoms with E-state index >= 15 is 0 Å². The molecule has 0 N–H and O–H groups in total. The number of Topliss-reactive ketones (excluding diaryl/α,β-unsaturated/α-hetero) is 1. The summed E-state index contributed by atoms with van der Waals surface area (Å²) in [4.78, 5) is 24.9. The van der Waals surface area contributed by atoms with Gasteiger partial charge in [0.15, 0.2) is 5.78 Å². The zero-order valence-corrected chi connectivity index (χ0v) is 16.5. The third-order valence-corrected chi connectivity index (χ3v) is 6.59. The van der Waals surface area contributed by atoms with Crippen molar-refractivity contribution < 1.29 is 22.7 Å². The number of hydrogen-bond donors (Lipinski definition) is 0. The summed E-state index contributed by atoms with van der Waals surface area (Å²) in [6.07, 6.45) is 0.405. The van der Waals surface area contributed by atoms with E-state index in [2.05, 4.69) is 0 Å². The van der Waals surface area contributed by atoms with Gasteiger partial charge >= 0.3 is 5.97 Å². The standard InChI is InChI=1S/C20H21NO5S/c1-12-5-10-17(19-16(22)11-13(2)18(12)19)26-20(23)14-6-8-15(9-7-14)27(24,25)21(3)4/h5-10,13H,11H2,1-4H3. The number of ether oxygens (including phenoxy) is 1. The minimum atomic E-state index is -3.57. The van der Waals surface area contributed by atoms with E-state index in [-0.39, 0.29) is 27.9 Å². The highest BCUT2D eigenvalue weighted by atomic mass is 32.2. The summed E-state index contributed by atoms with van der Waals surface area (Å²) in [5.41, 5.74) is 2.61. The molecule has 2 aromatic carbocycles. The molecule has 0 heterocycles. The number of benzene rings is 2. The molecule has 0 aromatic heterocycles. The van der Waals surface area contributed by atoms with Gasteiger partial charge in [-0.2, -0.15) is 0 Å². The van der Waals surface area contributed by atoms with Crippen LogP contribution in [0.4, 0.5) is 0 Å². The molecule has 27 heavy (non-hydrogen) atoms. The highest BCUT2D eigenvalue weighted by Gasteiger charge is 2.32. The summed E-state index contributed by atoms with van der Waals surface area (Å²) in [5, 5.41) is 0. The van der Waals surface area contributed by atoms with Crippen molar-refractivity contribution in [1.29, 1.82) is 0 Å². The fraction of sp³-hybridized carbons (Fsp3) is 0.300. The van der Waals surface area contributed by atoms with Gasteiger partial charge in [0, 0.05) is 20.5 Å². The Morgan fingerprint density at radius 2 is 1.74 bits per heavy atom. The molecule has 0 fully saturated rings. The highest BCUT2D eigenvalue weighted by Crippen LogP contribution is 2.40. The molecular formula is C20H21NO5S. The topological polar surface area (TPSA) is 80.8 Å². The maximum absolute atomic E-state index is 12.5. The average Bonchev–Trinajstić information content (AvgIpc) is 2.92. The van der Waals surface area contributed by atoms with E-state index in [9.17, 15) is 18.0 Å². The monoisotopic (exact) mass is 387 g/mol. The number of carbonyl (C=O) groups is 2. The van der Waals surface area contributed by atoms with Gasteiger partial charge in [-0.3, -0.25) is 4.79 Å². The minimum Gasteiger partial charge on any atom is -0.422 e. The van der Waals surface area contributed by atoms with Crippen LogP contribution in [0.25, 0.3) is 0 Å². The first-order valence-electron chi connectivity index (χ1n) is 8.54. The highest BCUT2D eigenvalue weighted by molar-refractivity contribution is 7.89. The van der Waals surface area contributed by atoms with Gasteiger partial charge in [-0.25, -0.2) is 17.5 Å². The lowest BCUT2D eigenvalue weighted by atomic mass is 9.97. The predicted molar refractivity (Wildman–Crippen MR) is 101 cm³/mol. The van der Waals surface area contributed by atoms with Crippen LogP contribution >= 0.6 is 0 Å². The van der Waals surface area contributed by atoms with E-state index in [0.29, 0.717) is 12.0 Å². The smallest absolute Gasteiger partial charge is 0.343 e. The zero-order chi connectivity index (χ0) is 19.9. The van der Waals surface area contributed by atoms with Crippen LogP contribution in [0.3, 0.4) is 0 Å². The fourth-order valence-electron chi connectivity index (χ4n) is 3.33. The van der Waals surface area contributed by atoms with E-state index in [1.165, 1.54) is 38.4 Å². The summed E-state index contributed by atoms with van der Waals surface area (Å²) in [5.74, 6) is -0.319. The van der Waals surface area contributed by atoms with Crippen LogP contribution in [-0.2, 0) is 10.0 Å². The maximum Gasteiger partial charge on any atom is 0.343 e. The molecule has 142 valence electrons. The van der Waals surface area contributed by atoms with Gasteiger partial charge in [-0.15, -0.1) is 0 Å². The van der Waals surface area contributed by atoms with Crippen LogP contribution in [-0.4, -0.2) is 38.6 Å². The molecule has 0 aliphatic heterocycles. The molecule has 1 aliphatic rings. The molecule has 0 saturated carbocycles. The van der Waals surface area contributed by atoms with Crippen molar-refractivity contribution in [2.75, 3.05) is 14.1 Å². The van der Waals surface area contributed by atoms with Crippen molar-refractivity contribution in [3.63, 3.8) is 0 Å². The first-order valence-corrected chi connectivity index (χ1v) is 9.98. The summed E-state index contributed by atoms with van der Waals surface area (Å²) in [6.45, 7) is 3.91. The van der Waals surface area contributed by atoms with Crippen LogP contribution in [0.2, 0.25) is 0 Å². The molecule has 1 atom stereocenters. The Labute approximate surface area is 158 Å². The van der Waals surface area contributed by atoms with E-state index < -0.39 is 16.0 Å². The van der Waals surface area contributed by atoms with Crippen molar-refractivity contribution in [2.24, 2.45) is 0 Å². The van der Waals surface area contributed by atoms with Gasteiger partial charge in [0.05, 0.1) is 16.0 Å². The van der Waals surface area contributed by atoms with E-state index in [0.717, 1.165) is 15.4 Å². The molecule has 0 saturated heterocycles. The number of nitrogens with zero attached hydrogens (tertiary/aromatic N) is 1. The van der Waals surface area contributed by atoms with Crippen LogP contribution in [0, 0.1) is 6.92 Å². The number of esters is 1. The van der Waals surface area contributed by atoms with Gasteiger partial charge in [0.1, 0.15) is 5.75 Å². The molecule has 0 amide bonds. The van der Waals surface area contributed by atoms with E-state index in [4.69, 9.17) is 4.74 Å². The number of carbonyl (C=O) groups excluding carboxylic acids is 2. The van der Waals surface area contributed by atoms with Gasteiger partial charge in [-0.05, 0) is 54.3 Å². The second-order valence-corrected chi connectivity index (χ2v) is 9.05. The number of sulfonamides is 1. The lowest BCUT2D eigenvalue weighted by Crippen LogP contribution is -2.22. The van der Waals surface area contributed by atoms with Gasteiger partial charge < -0.3 is 4.74 Å². The van der Waals surface area contributed by atoms with E-state index in [1.807, 2.05) is 19.9 Å². The first-order chi connectivity index (χ1) is 12.6. The third-order valence-electron chi connectivity index (χ3n) is 4.76. The summed E-state index contributed by atoms with van der Waals surface area (Å²) in [6, 6.07) is 8.99. The minimum absolute atomic E-state index is 0.0311. The first kappa shape index (κ1) is 19.3. The van der Waals surface area contributed by atoms with Crippen LogP contribution < -0.4 is 4.74 Å². The average molecular weight is 387 g/mol. The van der Waals surface area contributed by atoms with Crippen molar-refractivity contribution in [2.45, 2.75) is 31.1 Å². The SMILES string of the molecule is Cc1ccc(OC(=O)c2ccc(S(=O)(=O)N(C)C)cc2)c2c1C(C)CC2=O. The van der Waals surface area contributed by atoms with Crippen molar-refractivity contribution in [1.82, 2.24) is 4.31 Å². The molecule has 0 bridgehead atoms. The van der Waals surface area contributed by atoms with Gasteiger partial charge in [0.2, 0.25) is 10.0 Å². The fourth-order valence-corrected chi connectivity index (χ4v) is 4.23. The molecular weight excluding hydrogens is 366 g/mol. The third kappa shape index (κ3) is 3.40. The molecule has 6 nitrogen and oxygen atoms in total. The summed E-state index contributed by atoms with van der Waals surface area (Å²) in [7, 11) is -0.692. The lowest BCUT2D eigenvalue weighted by Gasteiger charge is -2.13. The van der Waals surface area contributed by atoms with Crippen molar-refractivity contribution >= 4 is 21.8 Å². The Morgan fingerprint density at radius 3 is 2.33 bits per heavy atom. The van der Waals surface area contributed by atoms with Crippen LogP contribution in [0.15, 0.2) is 41.3 Å². The van der Waals surface area contributed by atoms with Gasteiger partial charge in [0.25, 0.3) is 0 Å². The molecule has 0 radical (unpaired) electrons. The predicted octanol–water partition coefficient (Wildman–Crippen LogP) is 3.15. The molecule has 0 spiro atoms. The van der Waals surface area contributed by atoms with Crippen molar-refractivity contribution in [3.8, 4) is 5.75 Å². The number of hydrogen-bond acceptors (Lipinski definition) is 5. The number of fused-ring (bicyclic) bond motifs is 1. The molecule has 7 heteroatoms. The zero-order valence-electron chi connectivity index (χ0n) is 15.6. The molecule has 1 aliphatic carbocycles. The molecule has 3 rings (SSSR count). The summed E-state index contributed by atoms with van der Waals surface area (Å²) < 4.78 is 30.8. The second kappa shape index (κ2) is 6.90. The normalized spacial score (nSPS) is 16.5. The Morgan fingerprint density at radius 1 is 1.11 bits per heavy atom. The van der Waals surface area contributed by atoms with Crippen LogP contribution in [0.1, 0.15) is 51.1 Å². The van der Waals surface area contributed by atoms with E-state index in [1.54, 1.807) is 6.07 Å². The van der Waals surface area contributed by atoms with Crippen molar-refractivity contribution in [3.05, 3.63) is 58.7 Å². The maximum atomic E-state index is 12.5. The quantitative estimate of drug-likeness (QED) is 0.595. The number of ketones is 1. The Kier molecular flexibility index (Phi) is 4.92. The van der Waals surface area contributed by atoms with Gasteiger partial charge in [-0.1, -0.05) is 13.0 Å². The second-order valence-electron chi connectivity index (χ2n) is 6.90. The number of aryl methyl sites for hydroxylation is 1. The number of rotatable bonds is 4.